The molecule has 1 unspecified atom stereocenters. The van der Waals surface area contributed by atoms with Gasteiger partial charge in [0.05, 0.1) is 12.2 Å². The molecule has 0 aliphatic carbocycles. The molecule has 98 valence electrons. The van der Waals surface area contributed by atoms with E-state index in [-0.39, 0.29) is 6.04 Å². The maximum atomic E-state index is 9.87. The van der Waals surface area contributed by atoms with E-state index in [2.05, 4.69) is 17.0 Å². The standard InChI is InChI=1S/C14H19NO3/c16-12-8-15-10(6-9-4-2-1-3-5-9)7-11(15)13(17)14(12)18/h1-5,10-14,16-18H,6-8H2/t10-,11?,12+,13-,14-/m1/s1. The molecule has 0 amide bonds. The SMILES string of the molecule is O[C@H]1[C@H](O)C2C[C@@H](Cc3ccccc3)N2C[C@@H]1O. The van der Waals surface area contributed by atoms with Crippen LogP contribution in [0.1, 0.15) is 12.0 Å². The first-order valence-electron chi connectivity index (χ1n) is 6.50. The summed E-state index contributed by atoms with van der Waals surface area (Å²) in [6, 6.07) is 10.6. The fourth-order valence-electron chi connectivity index (χ4n) is 3.17. The van der Waals surface area contributed by atoms with E-state index < -0.39 is 18.3 Å². The first-order valence-corrected chi connectivity index (χ1v) is 6.50. The van der Waals surface area contributed by atoms with Gasteiger partial charge < -0.3 is 15.3 Å². The van der Waals surface area contributed by atoms with Crippen LogP contribution < -0.4 is 0 Å². The number of hydrogen-bond donors (Lipinski definition) is 3. The molecule has 1 aromatic rings. The molecule has 0 saturated carbocycles. The van der Waals surface area contributed by atoms with Crippen LogP contribution in [0.3, 0.4) is 0 Å². The van der Waals surface area contributed by atoms with Crippen molar-refractivity contribution < 1.29 is 15.3 Å². The predicted octanol–water partition coefficient (Wildman–Crippen LogP) is -0.232. The molecule has 0 bridgehead atoms. The monoisotopic (exact) mass is 249 g/mol. The molecule has 3 N–H and O–H groups in total. The van der Waals surface area contributed by atoms with Crippen LogP contribution in [0, 0.1) is 0 Å². The van der Waals surface area contributed by atoms with Crippen LogP contribution in [0.2, 0.25) is 0 Å². The summed E-state index contributed by atoms with van der Waals surface area (Å²) in [6.45, 7) is 0.459. The Bertz CT molecular complexity index is 411. The van der Waals surface area contributed by atoms with Gasteiger partial charge >= 0.3 is 0 Å². The van der Waals surface area contributed by atoms with Gasteiger partial charge in [0.2, 0.25) is 0 Å². The molecule has 3 rings (SSSR count). The lowest BCUT2D eigenvalue weighted by atomic mass is 9.78. The Balaban J connectivity index is 1.65. The third-order valence-electron chi connectivity index (χ3n) is 4.26. The molecular formula is C14H19NO3. The lowest BCUT2D eigenvalue weighted by molar-refractivity contribution is -0.184. The summed E-state index contributed by atoms with van der Waals surface area (Å²) in [6.07, 6.45) is -0.827. The molecular weight excluding hydrogens is 230 g/mol. The van der Waals surface area contributed by atoms with Gasteiger partial charge in [0.25, 0.3) is 0 Å². The van der Waals surface area contributed by atoms with Crippen LogP contribution in [0.4, 0.5) is 0 Å². The Morgan fingerprint density at radius 1 is 1.06 bits per heavy atom. The molecule has 2 aliphatic heterocycles. The van der Waals surface area contributed by atoms with Crippen molar-refractivity contribution in [3.63, 3.8) is 0 Å². The number of rotatable bonds is 2. The zero-order valence-corrected chi connectivity index (χ0v) is 10.2. The molecule has 1 aromatic carbocycles. The first kappa shape index (κ1) is 12.1. The number of nitrogens with zero attached hydrogens (tertiary/aromatic N) is 1. The van der Waals surface area contributed by atoms with Gasteiger partial charge in [0, 0.05) is 18.6 Å². The number of fused-ring (bicyclic) bond motifs is 1. The highest BCUT2D eigenvalue weighted by Crippen LogP contribution is 2.35. The minimum atomic E-state index is -0.996. The summed E-state index contributed by atoms with van der Waals surface area (Å²) in [5.74, 6) is 0. The average molecular weight is 249 g/mol. The van der Waals surface area contributed by atoms with Crippen LogP contribution in [0.5, 0.6) is 0 Å². The van der Waals surface area contributed by atoms with E-state index in [1.54, 1.807) is 0 Å². The quantitative estimate of drug-likeness (QED) is 0.677. The largest absolute Gasteiger partial charge is 0.389 e. The number of benzene rings is 1. The van der Waals surface area contributed by atoms with E-state index in [0.717, 1.165) is 12.8 Å². The van der Waals surface area contributed by atoms with E-state index in [0.29, 0.717) is 12.6 Å². The summed E-state index contributed by atoms with van der Waals surface area (Å²) in [5.41, 5.74) is 1.27. The Hall–Kier alpha value is -0.940. The normalized spacial score (nSPS) is 40.1. The zero-order chi connectivity index (χ0) is 12.7. The minimum absolute atomic E-state index is 0.0112. The van der Waals surface area contributed by atoms with E-state index in [1.165, 1.54) is 5.56 Å². The van der Waals surface area contributed by atoms with Crippen molar-refractivity contribution in [3.05, 3.63) is 35.9 Å². The zero-order valence-electron chi connectivity index (χ0n) is 10.2. The second-order valence-electron chi connectivity index (χ2n) is 5.39. The molecule has 2 saturated heterocycles. The summed E-state index contributed by atoms with van der Waals surface area (Å²) < 4.78 is 0. The lowest BCUT2D eigenvalue weighted by Crippen LogP contribution is -2.71. The average Bonchev–Trinajstić information content (AvgIpc) is 2.38. The Morgan fingerprint density at radius 2 is 1.78 bits per heavy atom. The Morgan fingerprint density at radius 3 is 2.50 bits per heavy atom. The van der Waals surface area contributed by atoms with Crippen molar-refractivity contribution in [2.45, 2.75) is 43.2 Å². The van der Waals surface area contributed by atoms with Crippen LogP contribution in [-0.4, -0.2) is 57.2 Å². The first-order chi connectivity index (χ1) is 8.66. The second kappa shape index (κ2) is 4.63. The van der Waals surface area contributed by atoms with Crippen molar-refractivity contribution in [2.75, 3.05) is 6.54 Å². The highest BCUT2D eigenvalue weighted by atomic mass is 16.4. The smallest absolute Gasteiger partial charge is 0.108 e. The molecule has 4 heteroatoms. The van der Waals surface area contributed by atoms with Gasteiger partial charge in [-0.05, 0) is 18.4 Å². The summed E-state index contributed by atoms with van der Waals surface area (Å²) in [5, 5.41) is 29.2. The van der Waals surface area contributed by atoms with Gasteiger partial charge in [-0.3, -0.25) is 4.90 Å². The maximum Gasteiger partial charge on any atom is 0.108 e. The Kier molecular flexibility index (Phi) is 3.11. The molecule has 2 heterocycles. The number of piperidine rings is 1. The van der Waals surface area contributed by atoms with E-state index in [1.807, 2.05) is 18.2 Å². The molecule has 0 spiro atoms. The van der Waals surface area contributed by atoms with Gasteiger partial charge in [-0.25, -0.2) is 0 Å². The maximum absolute atomic E-state index is 9.87. The van der Waals surface area contributed by atoms with Crippen LogP contribution in [0.25, 0.3) is 0 Å². The van der Waals surface area contributed by atoms with Crippen molar-refractivity contribution in [1.82, 2.24) is 4.90 Å². The Labute approximate surface area is 106 Å². The van der Waals surface area contributed by atoms with Crippen LogP contribution in [0.15, 0.2) is 30.3 Å². The predicted molar refractivity (Wildman–Crippen MR) is 67.1 cm³/mol. The molecule has 4 nitrogen and oxygen atoms in total. The summed E-state index contributed by atoms with van der Waals surface area (Å²) in [4.78, 5) is 2.12. The molecule has 0 aromatic heterocycles. The molecule has 18 heavy (non-hydrogen) atoms. The fraction of sp³-hybridized carbons (Fsp3) is 0.571. The van der Waals surface area contributed by atoms with Crippen molar-refractivity contribution in [2.24, 2.45) is 0 Å². The van der Waals surface area contributed by atoms with Gasteiger partial charge in [0.1, 0.15) is 6.10 Å². The highest BCUT2D eigenvalue weighted by Gasteiger charge is 2.50. The third-order valence-corrected chi connectivity index (χ3v) is 4.26. The van der Waals surface area contributed by atoms with E-state index in [4.69, 9.17) is 0 Å². The topological polar surface area (TPSA) is 63.9 Å². The number of aliphatic hydroxyl groups is 3. The van der Waals surface area contributed by atoms with Gasteiger partial charge in [-0.2, -0.15) is 0 Å². The number of hydrogen-bond acceptors (Lipinski definition) is 4. The van der Waals surface area contributed by atoms with Crippen LogP contribution >= 0.6 is 0 Å². The van der Waals surface area contributed by atoms with Crippen molar-refractivity contribution in [3.8, 4) is 0 Å². The van der Waals surface area contributed by atoms with E-state index >= 15 is 0 Å². The van der Waals surface area contributed by atoms with Gasteiger partial charge in [-0.15, -0.1) is 0 Å². The number of aliphatic hydroxyl groups excluding tert-OH is 3. The van der Waals surface area contributed by atoms with Gasteiger partial charge in [-0.1, -0.05) is 30.3 Å². The lowest BCUT2D eigenvalue weighted by Gasteiger charge is -2.56. The molecule has 5 atom stereocenters. The van der Waals surface area contributed by atoms with E-state index in [9.17, 15) is 15.3 Å². The fourth-order valence-corrected chi connectivity index (χ4v) is 3.17. The molecule has 2 aliphatic rings. The molecule has 2 fully saturated rings. The summed E-state index contributed by atoms with van der Waals surface area (Å²) in [7, 11) is 0. The minimum Gasteiger partial charge on any atom is -0.389 e. The highest BCUT2D eigenvalue weighted by molar-refractivity contribution is 5.18. The van der Waals surface area contributed by atoms with Crippen molar-refractivity contribution >= 4 is 0 Å². The summed E-state index contributed by atoms with van der Waals surface area (Å²) >= 11 is 0. The van der Waals surface area contributed by atoms with Crippen molar-refractivity contribution in [1.29, 1.82) is 0 Å². The van der Waals surface area contributed by atoms with Gasteiger partial charge in [0.15, 0.2) is 0 Å². The van der Waals surface area contributed by atoms with Crippen LogP contribution in [-0.2, 0) is 6.42 Å². The second-order valence-corrected chi connectivity index (χ2v) is 5.39. The third kappa shape index (κ3) is 1.95. The molecule has 0 radical (unpaired) electrons.